The average molecular weight is 1150 g/mol. The Labute approximate surface area is 510 Å². The summed E-state index contributed by atoms with van der Waals surface area (Å²) in [5.74, 6) is -0.914. The van der Waals surface area contributed by atoms with Gasteiger partial charge in [-0.1, -0.05) is 357 Å². The van der Waals surface area contributed by atoms with E-state index in [1.165, 1.54) is 238 Å². The molecule has 0 N–H and O–H groups in total. The number of unbranched alkanes of at least 4 members (excludes halogenated alkanes) is 43. The van der Waals surface area contributed by atoms with Crippen LogP contribution in [0, 0.1) is 0 Å². The molecule has 0 spiro atoms. The van der Waals surface area contributed by atoms with Gasteiger partial charge in [-0.25, -0.2) is 0 Å². The highest BCUT2D eigenvalue weighted by atomic mass is 16.6. The Morgan fingerprint density at radius 2 is 0.476 bits per heavy atom. The highest BCUT2D eigenvalue weighted by Gasteiger charge is 2.19. The van der Waals surface area contributed by atoms with Crippen molar-refractivity contribution in [2.45, 2.75) is 380 Å². The van der Waals surface area contributed by atoms with Gasteiger partial charge in [-0.05, 0) is 70.6 Å². The van der Waals surface area contributed by atoms with Crippen molar-refractivity contribution in [3.05, 3.63) is 72.9 Å². The number of hydrogen-bond donors (Lipinski definition) is 0. The fraction of sp³-hybridized carbons (Fsp3) is 0.803. The third-order valence-electron chi connectivity index (χ3n) is 16.0. The topological polar surface area (TPSA) is 78.9 Å². The van der Waals surface area contributed by atoms with E-state index in [-0.39, 0.29) is 37.5 Å². The van der Waals surface area contributed by atoms with Crippen LogP contribution in [0.5, 0.6) is 0 Å². The molecule has 0 aliphatic carbocycles. The Morgan fingerprint density at radius 3 is 0.744 bits per heavy atom. The second kappa shape index (κ2) is 70.3. The quantitative estimate of drug-likeness (QED) is 0.0261. The second-order valence-electron chi connectivity index (χ2n) is 24.1. The van der Waals surface area contributed by atoms with Gasteiger partial charge in [-0.3, -0.25) is 14.4 Å². The zero-order valence-corrected chi connectivity index (χ0v) is 54.8. The SMILES string of the molecule is CC/C=C\C/C=C\C/C=C\C/C=C\C/C=C\C/C=C\CCCCC(=O)OC(COC(=O)CCCCCCCCCCCCC)COC(=O)CCCCCCCCCCCCCCCCCCCCCCCCCCCCCCCCCC. The van der Waals surface area contributed by atoms with Gasteiger partial charge in [0.25, 0.3) is 0 Å². The van der Waals surface area contributed by atoms with Crippen LogP contribution in [0.3, 0.4) is 0 Å². The van der Waals surface area contributed by atoms with Crippen LogP contribution in [0.2, 0.25) is 0 Å². The van der Waals surface area contributed by atoms with Gasteiger partial charge >= 0.3 is 17.9 Å². The Bertz CT molecular complexity index is 1500. The fourth-order valence-electron chi connectivity index (χ4n) is 10.6. The van der Waals surface area contributed by atoms with Crippen molar-refractivity contribution in [2.24, 2.45) is 0 Å². The van der Waals surface area contributed by atoms with Crippen LogP contribution in [0.25, 0.3) is 0 Å². The second-order valence-corrected chi connectivity index (χ2v) is 24.1. The van der Waals surface area contributed by atoms with Crippen molar-refractivity contribution >= 4 is 17.9 Å². The number of ether oxygens (including phenoxy) is 3. The minimum absolute atomic E-state index is 0.0888. The number of allylic oxidation sites excluding steroid dienone is 12. The minimum atomic E-state index is -0.797. The molecule has 6 heteroatoms. The zero-order valence-electron chi connectivity index (χ0n) is 54.8. The van der Waals surface area contributed by atoms with Crippen LogP contribution >= 0.6 is 0 Å². The molecule has 1 unspecified atom stereocenters. The summed E-state index contributed by atoms with van der Waals surface area (Å²) in [7, 11) is 0. The van der Waals surface area contributed by atoms with Crippen LogP contribution in [-0.2, 0) is 28.6 Å². The first-order chi connectivity index (χ1) is 40.5. The van der Waals surface area contributed by atoms with Crippen molar-refractivity contribution in [1.82, 2.24) is 0 Å². The molecule has 0 aliphatic heterocycles. The molecular weight excluding hydrogens is 1010 g/mol. The molecule has 1 atom stereocenters. The van der Waals surface area contributed by atoms with Crippen molar-refractivity contribution in [3.8, 4) is 0 Å². The number of hydrogen-bond acceptors (Lipinski definition) is 6. The van der Waals surface area contributed by atoms with Crippen molar-refractivity contribution in [3.63, 3.8) is 0 Å². The lowest BCUT2D eigenvalue weighted by molar-refractivity contribution is -0.167. The number of carbonyl (C=O) groups is 3. The standard InChI is InChI=1S/C76H136O6/c1-4-7-10-13-16-19-22-24-26-28-30-32-33-34-35-36-37-38-39-40-41-42-44-45-47-49-51-54-57-60-63-66-69-75(78)81-72-73(71-80-74(77)68-65-62-59-56-53-21-18-15-12-9-6-3)82-76(79)70-67-64-61-58-55-52-50-48-46-43-31-29-27-25-23-20-17-14-11-8-5-2/h8,11,17,20,25,27,31,43,48,50,55,58,73H,4-7,9-10,12-16,18-19,21-24,26,28-30,32-42,44-47,49,51-54,56-57,59-72H2,1-3H3/b11-8-,20-17-,27-25-,43-31-,50-48-,58-55-. The molecule has 0 rings (SSSR count). The van der Waals surface area contributed by atoms with E-state index < -0.39 is 6.10 Å². The Kier molecular flexibility index (Phi) is 67.6. The Hall–Kier alpha value is -3.15. The van der Waals surface area contributed by atoms with E-state index in [1.807, 2.05) is 0 Å². The smallest absolute Gasteiger partial charge is 0.306 e. The van der Waals surface area contributed by atoms with Gasteiger partial charge in [0, 0.05) is 19.3 Å². The normalized spacial score (nSPS) is 12.5. The van der Waals surface area contributed by atoms with E-state index in [0.717, 1.165) is 89.9 Å². The maximum absolute atomic E-state index is 12.9. The molecule has 0 amide bonds. The van der Waals surface area contributed by atoms with Gasteiger partial charge in [0.2, 0.25) is 0 Å². The Morgan fingerprint density at radius 1 is 0.256 bits per heavy atom. The largest absolute Gasteiger partial charge is 0.462 e. The lowest BCUT2D eigenvalue weighted by atomic mass is 10.0. The Balaban J connectivity index is 4.17. The molecular formula is C76H136O6. The molecule has 0 radical (unpaired) electrons. The molecule has 6 nitrogen and oxygen atoms in total. The molecule has 0 aliphatic rings. The summed E-state index contributed by atoms with van der Waals surface area (Å²) in [4.78, 5) is 38.3. The van der Waals surface area contributed by atoms with E-state index >= 15 is 0 Å². The van der Waals surface area contributed by atoms with Crippen LogP contribution < -0.4 is 0 Å². The molecule has 0 fully saturated rings. The first-order valence-electron chi connectivity index (χ1n) is 35.9. The molecule has 0 aromatic rings. The molecule has 0 aromatic heterocycles. The van der Waals surface area contributed by atoms with Gasteiger partial charge in [0.1, 0.15) is 13.2 Å². The maximum atomic E-state index is 12.9. The van der Waals surface area contributed by atoms with Crippen LogP contribution in [-0.4, -0.2) is 37.2 Å². The maximum Gasteiger partial charge on any atom is 0.306 e. The van der Waals surface area contributed by atoms with E-state index in [1.54, 1.807) is 0 Å². The highest BCUT2D eigenvalue weighted by Crippen LogP contribution is 2.19. The first kappa shape index (κ1) is 78.8. The molecule has 476 valence electrons. The predicted molar refractivity (Wildman–Crippen MR) is 358 cm³/mol. The van der Waals surface area contributed by atoms with Crippen LogP contribution in [0.4, 0.5) is 0 Å². The fourth-order valence-corrected chi connectivity index (χ4v) is 10.6. The molecule has 0 saturated heterocycles. The van der Waals surface area contributed by atoms with Crippen LogP contribution in [0.15, 0.2) is 72.9 Å². The lowest BCUT2D eigenvalue weighted by Crippen LogP contribution is -2.30. The third kappa shape index (κ3) is 67.6. The molecule has 0 aromatic carbocycles. The van der Waals surface area contributed by atoms with E-state index in [4.69, 9.17) is 14.2 Å². The third-order valence-corrected chi connectivity index (χ3v) is 16.0. The predicted octanol–water partition coefficient (Wildman–Crippen LogP) is 24.8. The summed E-state index contributed by atoms with van der Waals surface area (Å²) in [6.07, 6.45) is 92.5. The monoisotopic (exact) mass is 1150 g/mol. The summed E-state index contributed by atoms with van der Waals surface area (Å²) >= 11 is 0. The molecule has 0 bridgehead atoms. The van der Waals surface area contributed by atoms with Crippen molar-refractivity contribution < 1.29 is 28.6 Å². The van der Waals surface area contributed by atoms with Crippen LogP contribution in [0.1, 0.15) is 374 Å². The van der Waals surface area contributed by atoms with E-state index in [2.05, 4.69) is 93.7 Å². The summed E-state index contributed by atoms with van der Waals surface area (Å²) in [5.41, 5.74) is 0. The minimum Gasteiger partial charge on any atom is -0.462 e. The zero-order chi connectivity index (χ0) is 59.2. The summed E-state index contributed by atoms with van der Waals surface area (Å²) in [6, 6.07) is 0. The van der Waals surface area contributed by atoms with Crippen molar-refractivity contribution in [2.75, 3.05) is 13.2 Å². The first-order valence-corrected chi connectivity index (χ1v) is 35.9. The molecule has 82 heavy (non-hydrogen) atoms. The number of esters is 3. The van der Waals surface area contributed by atoms with Gasteiger partial charge in [-0.2, -0.15) is 0 Å². The van der Waals surface area contributed by atoms with Gasteiger partial charge in [0.05, 0.1) is 0 Å². The summed E-state index contributed by atoms with van der Waals surface area (Å²) in [6.45, 7) is 6.54. The number of carbonyl (C=O) groups excluding carboxylic acids is 3. The van der Waals surface area contributed by atoms with E-state index in [0.29, 0.717) is 19.3 Å². The number of rotatable bonds is 66. The lowest BCUT2D eigenvalue weighted by Gasteiger charge is -2.18. The van der Waals surface area contributed by atoms with Crippen molar-refractivity contribution in [1.29, 1.82) is 0 Å². The summed E-state index contributed by atoms with van der Waals surface area (Å²) in [5, 5.41) is 0. The highest BCUT2D eigenvalue weighted by molar-refractivity contribution is 5.71. The average Bonchev–Trinajstić information content (AvgIpc) is 3.48. The summed E-state index contributed by atoms with van der Waals surface area (Å²) < 4.78 is 16.9. The molecule has 0 saturated carbocycles. The van der Waals surface area contributed by atoms with Gasteiger partial charge in [-0.15, -0.1) is 0 Å². The molecule has 0 heterocycles. The van der Waals surface area contributed by atoms with E-state index in [9.17, 15) is 14.4 Å². The van der Waals surface area contributed by atoms with Gasteiger partial charge < -0.3 is 14.2 Å². The van der Waals surface area contributed by atoms with Gasteiger partial charge in [0.15, 0.2) is 6.10 Å².